The molecule has 0 saturated carbocycles. The molecule has 1 aromatic carbocycles. The number of aromatic nitrogens is 1. The molecule has 0 aliphatic carbocycles. The van der Waals surface area contributed by atoms with Crippen molar-refractivity contribution in [1.29, 1.82) is 0 Å². The number of rotatable bonds is 0. The van der Waals surface area contributed by atoms with Crippen molar-refractivity contribution in [3.63, 3.8) is 0 Å². The summed E-state index contributed by atoms with van der Waals surface area (Å²) in [5.41, 5.74) is 0.763. The Morgan fingerprint density at radius 1 is 1.06 bits per heavy atom. The van der Waals surface area contributed by atoms with Crippen LogP contribution < -0.4 is 5.43 Å². The van der Waals surface area contributed by atoms with E-state index in [9.17, 15) is 4.79 Å². The van der Waals surface area contributed by atoms with Gasteiger partial charge in [-0.2, -0.15) is 0 Å². The first-order valence-electron chi connectivity index (χ1n) is 4.95. The van der Waals surface area contributed by atoms with E-state index in [1.165, 1.54) is 0 Å². The van der Waals surface area contributed by atoms with E-state index in [4.69, 9.17) is 0 Å². The normalized spacial score (nSPS) is 11.1. The Kier molecular flexibility index (Phi) is 2.07. The van der Waals surface area contributed by atoms with Crippen LogP contribution in [0.5, 0.6) is 0 Å². The van der Waals surface area contributed by atoms with Crippen LogP contribution in [0.15, 0.2) is 58.1 Å². The molecule has 2 aromatic heterocycles. The lowest BCUT2D eigenvalue weighted by Crippen LogP contribution is -1.99. The lowest BCUT2D eigenvalue weighted by atomic mass is 10.2. The van der Waals surface area contributed by atoms with Gasteiger partial charge in [0, 0.05) is 22.3 Å². The van der Waals surface area contributed by atoms with Gasteiger partial charge in [-0.3, -0.25) is 4.79 Å². The summed E-state index contributed by atoms with van der Waals surface area (Å²) in [6, 6.07) is 11.4. The Bertz CT molecular complexity index is 746. The van der Waals surface area contributed by atoms with Crippen molar-refractivity contribution in [3.05, 3.63) is 63.5 Å². The zero-order valence-corrected chi connectivity index (χ0v) is 9.94. The maximum atomic E-state index is 12.3. The van der Waals surface area contributed by atoms with Crippen molar-refractivity contribution in [2.45, 2.75) is 0 Å². The molecule has 0 atom stereocenters. The van der Waals surface area contributed by atoms with E-state index in [1.54, 1.807) is 0 Å². The molecular weight excluding hydrogens is 266 g/mol. The quantitative estimate of drug-likeness (QED) is 0.616. The van der Waals surface area contributed by atoms with Gasteiger partial charge >= 0.3 is 0 Å². The molecule has 0 spiro atoms. The second-order valence-electron chi connectivity index (χ2n) is 3.68. The molecular formula is C13H8BrNO. The zero-order chi connectivity index (χ0) is 11.1. The Labute approximate surface area is 100 Å². The molecule has 0 bridgehead atoms. The molecule has 3 heteroatoms. The van der Waals surface area contributed by atoms with Crippen molar-refractivity contribution in [3.8, 4) is 0 Å². The van der Waals surface area contributed by atoms with Crippen molar-refractivity contribution in [1.82, 2.24) is 4.40 Å². The third-order valence-electron chi connectivity index (χ3n) is 2.69. The minimum atomic E-state index is 0.0614. The molecule has 0 aliphatic heterocycles. The molecule has 3 rings (SSSR count). The van der Waals surface area contributed by atoms with E-state index in [2.05, 4.69) is 15.9 Å². The van der Waals surface area contributed by atoms with Crippen LogP contribution in [0, 0.1) is 0 Å². The van der Waals surface area contributed by atoms with Crippen molar-refractivity contribution in [2.75, 3.05) is 0 Å². The van der Waals surface area contributed by atoms with Gasteiger partial charge in [0.15, 0.2) is 0 Å². The molecule has 16 heavy (non-hydrogen) atoms. The number of nitrogens with zero attached hydrogens (tertiary/aromatic N) is 1. The van der Waals surface area contributed by atoms with Gasteiger partial charge in [0.2, 0.25) is 5.43 Å². The highest BCUT2D eigenvalue weighted by atomic mass is 79.9. The number of benzene rings is 1. The maximum Gasteiger partial charge on any atom is 0.210 e. The highest BCUT2D eigenvalue weighted by Crippen LogP contribution is 2.17. The summed E-state index contributed by atoms with van der Waals surface area (Å²) in [6.07, 6.45) is 3.79. The molecule has 0 N–H and O–H groups in total. The minimum absolute atomic E-state index is 0.0614. The number of halogens is 1. The number of hydrogen-bond acceptors (Lipinski definition) is 1. The Morgan fingerprint density at radius 3 is 2.81 bits per heavy atom. The fourth-order valence-corrected chi connectivity index (χ4v) is 2.25. The van der Waals surface area contributed by atoms with E-state index in [0.29, 0.717) is 5.52 Å². The summed E-state index contributed by atoms with van der Waals surface area (Å²) in [7, 11) is 0. The summed E-state index contributed by atoms with van der Waals surface area (Å²) in [6.45, 7) is 0. The smallest absolute Gasteiger partial charge is 0.210 e. The van der Waals surface area contributed by atoms with Gasteiger partial charge in [-0.05, 0) is 35.7 Å². The minimum Gasteiger partial charge on any atom is -0.320 e. The van der Waals surface area contributed by atoms with E-state index < -0.39 is 0 Å². The molecule has 2 heterocycles. The summed E-state index contributed by atoms with van der Waals surface area (Å²) in [4.78, 5) is 12.3. The highest BCUT2D eigenvalue weighted by molar-refractivity contribution is 9.10. The topological polar surface area (TPSA) is 21.5 Å². The summed E-state index contributed by atoms with van der Waals surface area (Å²) < 4.78 is 2.77. The molecule has 0 aliphatic rings. The van der Waals surface area contributed by atoms with Crippen LogP contribution >= 0.6 is 15.9 Å². The van der Waals surface area contributed by atoms with Crippen LogP contribution in [-0.4, -0.2) is 4.40 Å². The third-order valence-corrected chi connectivity index (χ3v) is 3.18. The Hall–Kier alpha value is -1.61. The van der Waals surface area contributed by atoms with E-state index >= 15 is 0 Å². The van der Waals surface area contributed by atoms with E-state index in [1.807, 2.05) is 53.2 Å². The Morgan fingerprint density at radius 2 is 1.94 bits per heavy atom. The summed E-state index contributed by atoms with van der Waals surface area (Å²) in [5, 5.41) is 1.69. The number of hydrogen-bond donors (Lipinski definition) is 0. The number of fused-ring (bicyclic) bond motifs is 2. The van der Waals surface area contributed by atoms with Crippen LogP contribution in [0.4, 0.5) is 0 Å². The SMILES string of the molecule is O=c1c2cc(Br)ccc2ccn2cccc12. The zero-order valence-electron chi connectivity index (χ0n) is 8.35. The van der Waals surface area contributed by atoms with Gasteiger partial charge < -0.3 is 4.40 Å². The first-order valence-corrected chi connectivity index (χ1v) is 5.74. The Balaban J connectivity index is 2.66. The lowest BCUT2D eigenvalue weighted by molar-refractivity contribution is 1.21. The standard InChI is InChI=1S/C13H8BrNO/c14-10-4-3-9-5-7-15-6-1-2-12(15)13(16)11(9)8-10/h1-8H. The molecule has 3 aromatic rings. The molecule has 2 nitrogen and oxygen atoms in total. The highest BCUT2D eigenvalue weighted by Gasteiger charge is 2.02. The second kappa shape index (κ2) is 3.46. The predicted molar refractivity (Wildman–Crippen MR) is 68.9 cm³/mol. The molecule has 0 saturated heterocycles. The van der Waals surface area contributed by atoms with Crippen molar-refractivity contribution in [2.24, 2.45) is 0 Å². The first kappa shape index (κ1) is 9.60. The van der Waals surface area contributed by atoms with Gasteiger partial charge in [-0.15, -0.1) is 0 Å². The maximum absolute atomic E-state index is 12.3. The van der Waals surface area contributed by atoms with Crippen LogP contribution in [-0.2, 0) is 0 Å². The fraction of sp³-hybridized carbons (Fsp3) is 0. The molecule has 0 fully saturated rings. The lowest BCUT2D eigenvalue weighted by Gasteiger charge is -1.91. The summed E-state index contributed by atoms with van der Waals surface area (Å²) in [5.74, 6) is 0. The average molecular weight is 274 g/mol. The molecule has 78 valence electrons. The molecule has 0 amide bonds. The third kappa shape index (κ3) is 1.36. The molecule has 0 radical (unpaired) electrons. The predicted octanol–water partition coefficient (Wildman–Crippen LogP) is 3.22. The van der Waals surface area contributed by atoms with Crippen LogP contribution in [0.1, 0.15) is 0 Å². The van der Waals surface area contributed by atoms with E-state index in [0.717, 1.165) is 15.2 Å². The first-order chi connectivity index (χ1) is 7.75. The van der Waals surface area contributed by atoms with Crippen LogP contribution in [0.2, 0.25) is 0 Å². The van der Waals surface area contributed by atoms with Crippen molar-refractivity contribution >= 4 is 32.2 Å². The van der Waals surface area contributed by atoms with Crippen molar-refractivity contribution < 1.29 is 0 Å². The monoisotopic (exact) mass is 273 g/mol. The van der Waals surface area contributed by atoms with Crippen LogP contribution in [0.25, 0.3) is 16.3 Å². The van der Waals surface area contributed by atoms with E-state index in [-0.39, 0.29) is 5.43 Å². The van der Waals surface area contributed by atoms with Crippen LogP contribution in [0.3, 0.4) is 0 Å². The van der Waals surface area contributed by atoms with Gasteiger partial charge in [-0.1, -0.05) is 22.0 Å². The largest absolute Gasteiger partial charge is 0.320 e. The van der Waals surface area contributed by atoms with Gasteiger partial charge in [0.1, 0.15) is 0 Å². The average Bonchev–Trinajstić information content (AvgIpc) is 2.70. The second-order valence-corrected chi connectivity index (χ2v) is 4.59. The fourth-order valence-electron chi connectivity index (χ4n) is 1.89. The van der Waals surface area contributed by atoms with Gasteiger partial charge in [0.25, 0.3) is 0 Å². The van der Waals surface area contributed by atoms with Gasteiger partial charge in [0.05, 0.1) is 5.52 Å². The summed E-state index contributed by atoms with van der Waals surface area (Å²) >= 11 is 3.39. The van der Waals surface area contributed by atoms with Gasteiger partial charge in [-0.25, -0.2) is 0 Å². The molecule has 0 unspecified atom stereocenters.